The number of anilines is 1. The average Bonchev–Trinajstić information content (AvgIpc) is 2.96. The van der Waals surface area contributed by atoms with Gasteiger partial charge in [-0.1, -0.05) is 44.9 Å². The van der Waals surface area contributed by atoms with Gasteiger partial charge in [0.15, 0.2) is 0 Å². The Morgan fingerprint density at radius 1 is 0.958 bits per heavy atom. The van der Waals surface area contributed by atoms with Crippen molar-refractivity contribution in [3.05, 3.63) is 63.1 Å². The van der Waals surface area contributed by atoms with Crippen molar-refractivity contribution in [1.82, 2.24) is 0 Å². The van der Waals surface area contributed by atoms with Gasteiger partial charge in [0.1, 0.15) is 4.67 Å². The second-order valence-corrected chi connectivity index (χ2v) is 8.98. The molecule has 0 unspecified atom stereocenters. The van der Waals surface area contributed by atoms with E-state index < -0.39 is 0 Å². The Labute approximate surface area is 149 Å². The van der Waals surface area contributed by atoms with Crippen molar-refractivity contribution in [3.8, 4) is 11.1 Å². The minimum atomic E-state index is -0.0676. The molecule has 0 atom stereocenters. The molecular weight excluding hydrogens is 332 g/mol. The lowest BCUT2D eigenvalue weighted by Gasteiger charge is -2.33. The Kier molecular flexibility index (Phi) is 3.62. The molecule has 3 aromatic rings. The van der Waals surface area contributed by atoms with Crippen LogP contribution in [0.1, 0.15) is 29.9 Å². The molecule has 122 valence electrons. The van der Waals surface area contributed by atoms with Gasteiger partial charge in [0.25, 0.3) is 0 Å². The maximum Gasteiger partial charge on any atom is 0.135 e. The molecule has 4 heteroatoms. The molecule has 1 aliphatic rings. The number of nitrogens with zero attached hydrogens (tertiary/aromatic N) is 1. The first kappa shape index (κ1) is 15.6. The van der Waals surface area contributed by atoms with Crippen molar-refractivity contribution in [1.29, 1.82) is 0 Å². The lowest BCUT2D eigenvalue weighted by molar-refractivity contribution is 0.619. The van der Waals surface area contributed by atoms with Crippen LogP contribution in [0.15, 0.2) is 47.5 Å². The van der Waals surface area contributed by atoms with E-state index in [-0.39, 0.29) is 5.54 Å². The Morgan fingerprint density at radius 3 is 2.54 bits per heavy atom. The zero-order valence-electron chi connectivity index (χ0n) is 14.3. The first-order valence-corrected chi connectivity index (χ1v) is 10.2. The fraction of sp³-hybridized carbons (Fsp3) is 0.250. The summed E-state index contributed by atoms with van der Waals surface area (Å²) >= 11 is 0. The summed E-state index contributed by atoms with van der Waals surface area (Å²) in [7, 11) is 3.61. The summed E-state index contributed by atoms with van der Waals surface area (Å²) in [6, 6.07) is 15.0. The van der Waals surface area contributed by atoms with Gasteiger partial charge in [-0.15, -0.1) is 0 Å². The number of benzene rings is 2. The van der Waals surface area contributed by atoms with Crippen LogP contribution < -0.4 is 9.99 Å². The lowest BCUT2D eigenvalue weighted by atomic mass is 9.90. The average molecular weight is 353 g/mol. The van der Waals surface area contributed by atoms with E-state index in [0.717, 1.165) is 10.4 Å². The van der Waals surface area contributed by atoms with Gasteiger partial charge in [-0.2, -0.15) is 0 Å². The number of para-hydroxylation sites is 1. The molecule has 2 aromatic carbocycles. The highest BCUT2D eigenvalue weighted by atomic mass is 32.9. The van der Waals surface area contributed by atoms with Crippen LogP contribution in [0.5, 0.6) is 0 Å². The van der Waals surface area contributed by atoms with Crippen molar-refractivity contribution in [3.63, 3.8) is 0 Å². The van der Waals surface area contributed by atoms with E-state index in [0.29, 0.717) is 0 Å². The van der Waals surface area contributed by atoms with Gasteiger partial charge in [-0.25, -0.2) is 4.99 Å². The van der Waals surface area contributed by atoms with Crippen molar-refractivity contribution in [2.24, 2.45) is 4.99 Å². The summed E-state index contributed by atoms with van der Waals surface area (Å²) in [6.45, 7) is 8.76. The fourth-order valence-corrected chi connectivity index (χ4v) is 6.04. The second kappa shape index (κ2) is 5.57. The van der Waals surface area contributed by atoms with Gasteiger partial charge in [-0.05, 0) is 57.0 Å². The Hall–Kier alpha value is -1.91. The van der Waals surface area contributed by atoms with Gasteiger partial charge in [0.2, 0.25) is 0 Å². The molecule has 0 saturated carbocycles. The van der Waals surface area contributed by atoms with Crippen LogP contribution >= 0.6 is 20.7 Å². The molecule has 2 heterocycles. The molecule has 0 saturated heterocycles. The predicted octanol–water partition coefficient (Wildman–Crippen LogP) is 5.99. The number of hydrogen-bond donors (Lipinski definition) is 1. The largest absolute Gasteiger partial charge is 0.375 e. The predicted molar refractivity (Wildman–Crippen MR) is 105 cm³/mol. The van der Waals surface area contributed by atoms with E-state index in [1.165, 1.54) is 32.8 Å². The first-order chi connectivity index (χ1) is 11.5. The standard InChI is InChI=1S/C20H20N2S2/c1-12-9-10-14(11-13(12)2)21-19-17-15-7-5-6-8-16(15)22-20(3,4)18(17)23-24-19/h5-11,22H,1-4H3. The molecule has 1 aliphatic heterocycles. The van der Waals surface area contributed by atoms with Gasteiger partial charge >= 0.3 is 0 Å². The number of hydrogen-bond acceptors (Lipinski definition) is 4. The number of aryl methyl sites for hydroxylation is 2. The van der Waals surface area contributed by atoms with Crippen LogP contribution in [-0.2, 0) is 5.54 Å². The maximum absolute atomic E-state index is 4.98. The second-order valence-electron chi connectivity index (χ2n) is 6.85. The summed E-state index contributed by atoms with van der Waals surface area (Å²) < 4.78 is 1.11. The molecule has 0 aliphatic carbocycles. The quantitative estimate of drug-likeness (QED) is 0.535. The van der Waals surface area contributed by atoms with Crippen LogP contribution in [0.25, 0.3) is 11.1 Å². The minimum Gasteiger partial charge on any atom is -0.375 e. The number of rotatable bonds is 1. The third-order valence-corrected chi connectivity index (χ3v) is 7.22. The summed E-state index contributed by atoms with van der Waals surface area (Å²) in [5, 5.41) is 3.66. The molecule has 2 nitrogen and oxygen atoms in total. The zero-order chi connectivity index (χ0) is 16.9. The third-order valence-electron chi connectivity index (χ3n) is 4.58. The summed E-state index contributed by atoms with van der Waals surface area (Å²) in [4.78, 5) is 6.35. The van der Waals surface area contributed by atoms with E-state index in [2.05, 4.69) is 75.5 Å². The molecule has 0 spiro atoms. The highest BCUT2D eigenvalue weighted by molar-refractivity contribution is 7.68. The third kappa shape index (κ3) is 2.50. The molecule has 1 N–H and O–H groups in total. The van der Waals surface area contributed by atoms with Crippen molar-refractivity contribution < 1.29 is 0 Å². The van der Waals surface area contributed by atoms with Crippen LogP contribution in [0, 0.1) is 13.8 Å². The lowest BCUT2D eigenvalue weighted by Crippen LogP contribution is -2.31. The molecule has 0 radical (unpaired) electrons. The maximum atomic E-state index is 4.98. The van der Waals surface area contributed by atoms with Crippen molar-refractivity contribution in [2.45, 2.75) is 33.2 Å². The monoisotopic (exact) mass is 352 g/mol. The van der Waals surface area contributed by atoms with Crippen LogP contribution in [0.2, 0.25) is 0 Å². The summed E-state index contributed by atoms with van der Waals surface area (Å²) in [6.07, 6.45) is 0. The Bertz CT molecular complexity index is 993. The van der Waals surface area contributed by atoms with Crippen LogP contribution in [0.4, 0.5) is 11.4 Å². The summed E-state index contributed by atoms with van der Waals surface area (Å²) in [5.74, 6) is 0. The Balaban J connectivity index is 1.96. The molecule has 24 heavy (non-hydrogen) atoms. The van der Waals surface area contributed by atoms with Gasteiger partial charge in [0.05, 0.1) is 16.1 Å². The van der Waals surface area contributed by atoms with E-state index >= 15 is 0 Å². The van der Waals surface area contributed by atoms with E-state index in [4.69, 9.17) is 4.99 Å². The SMILES string of the molecule is Cc1ccc(N=c2ssc3c2-c2ccccc2NC3(C)C)cc1C. The minimum absolute atomic E-state index is 0.0676. The molecule has 0 bridgehead atoms. The summed E-state index contributed by atoms with van der Waals surface area (Å²) in [5.41, 5.74) is 7.30. The molecule has 0 fully saturated rings. The van der Waals surface area contributed by atoms with Crippen LogP contribution in [0.3, 0.4) is 0 Å². The van der Waals surface area contributed by atoms with E-state index in [1.54, 1.807) is 10.3 Å². The van der Waals surface area contributed by atoms with Crippen LogP contribution in [-0.4, -0.2) is 0 Å². The smallest absolute Gasteiger partial charge is 0.135 e. The van der Waals surface area contributed by atoms with Crippen molar-refractivity contribution in [2.75, 3.05) is 5.32 Å². The zero-order valence-corrected chi connectivity index (χ0v) is 15.9. The Morgan fingerprint density at radius 2 is 1.75 bits per heavy atom. The van der Waals surface area contributed by atoms with Crippen molar-refractivity contribution >= 4 is 32.1 Å². The van der Waals surface area contributed by atoms with Gasteiger partial charge in [-0.3, -0.25) is 0 Å². The number of nitrogens with one attached hydrogen (secondary N) is 1. The molecule has 1 aromatic heterocycles. The van der Waals surface area contributed by atoms with Gasteiger partial charge < -0.3 is 5.32 Å². The van der Waals surface area contributed by atoms with Gasteiger partial charge in [0, 0.05) is 16.8 Å². The first-order valence-electron chi connectivity index (χ1n) is 8.09. The topological polar surface area (TPSA) is 24.4 Å². The normalized spacial score (nSPS) is 15.6. The molecule has 0 amide bonds. The number of fused-ring (bicyclic) bond motifs is 3. The fourth-order valence-electron chi connectivity index (χ4n) is 3.11. The molecular formula is C20H20N2S2. The van der Waals surface area contributed by atoms with E-state index in [9.17, 15) is 0 Å². The highest BCUT2D eigenvalue weighted by Gasteiger charge is 2.33. The molecule has 4 rings (SSSR count). The highest BCUT2D eigenvalue weighted by Crippen LogP contribution is 2.45. The van der Waals surface area contributed by atoms with E-state index in [1.807, 2.05) is 10.3 Å².